The largest absolute Gasteiger partial charge is 0.478 e. The highest BCUT2D eigenvalue weighted by atomic mass is 32.2. The number of carboxylic acid groups (broad SMARTS) is 1. The molecule has 0 spiro atoms. The summed E-state index contributed by atoms with van der Waals surface area (Å²) in [6, 6.07) is 5.02. The lowest BCUT2D eigenvalue weighted by Crippen LogP contribution is -2.19. The molecule has 0 saturated heterocycles. The molecule has 2 rings (SSSR count). The van der Waals surface area contributed by atoms with Crippen molar-refractivity contribution in [1.29, 1.82) is 0 Å². The zero-order valence-electron chi connectivity index (χ0n) is 11.4. The second-order valence-corrected chi connectivity index (χ2v) is 5.61. The summed E-state index contributed by atoms with van der Waals surface area (Å²) in [5, 5.41) is 16.1. The minimum absolute atomic E-state index is 0.0546. The van der Waals surface area contributed by atoms with Gasteiger partial charge in [-0.2, -0.15) is 0 Å². The number of aromatic carboxylic acids is 1. The summed E-state index contributed by atoms with van der Waals surface area (Å²) in [4.78, 5) is 23.6. The van der Waals surface area contributed by atoms with E-state index in [1.54, 1.807) is 12.1 Å². The highest BCUT2D eigenvalue weighted by Gasteiger charge is 2.18. The first kappa shape index (κ1) is 14.4. The van der Waals surface area contributed by atoms with Crippen LogP contribution in [0.4, 0.5) is 0 Å². The maximum Gasteiger partial charge on any atom is 0.344 e. The van der Waals surface area contributed by atoms with E-state index in [1.165, 1.54) is 16.3 Å². The van der Waals surface area contributed by atoms with E-state index in [1.807, 2.05) is 26.8 Å². The Bertz CT molecular complexity index is 703. The molecule has 0 atom stereocenters. The van der Waals surface area contributed by atoms with Gasteiger partial charge in [-0.1, -0.05) is 12.1 Å². The fourth-order valence-corrected chi connectivity index (χ4v) is 3.03. The van der Waals surface area contributed by atoms with Crippen LogP contribution in [0, 0.1) is 6.92 Å². The molecule has 0 aliphatic carbocycles. The van der Waals surface area contributed by atoms with Crippen molar-refractivity contribution in [2.45, 2.75) is 36.9 Å². The first-order valence-corrected chi connectivity index (χ1v) is 6.91. The van der Waals surface area contributed by atoms with Gasteiger partial charge in [0.25, 0.3) is 0 Å². The number of nitrogens with one attached hydrogen (secondary N) is 1. The Morgan fingerprint density at radius 3 is 2.75 bits per heavy atom. The number of aromatic nitrogens is 3. The van der Waals surface area contributed by atoms with Crippen molar-refractivity contribution in [1.82, 2.24) is 14.8 Å². The molecule has 0 radical (unpaired) electrons. The molecule has 1 aromatic carbocycles. The number of hydrogen-bond acceptors (Lipinski definition) is 4. The molecule has 0 fully saturated rings. The Morgan fingerprint density at radius 2 is 2.15 bits per heavy atom. The predicted molar refractivity (Wildman–Crippen MR) is 75.5 cm³/mol. The third-order valence-electron chi connectivity index (χ3n) is 2.82. The van der Waals surface area contributed by atoms with Gasteiger partial charge in [0, 0.05) is 10.9 Å². The third kappa shape index (κ3) is 2.62. The van der Waals surface area contributed by atoms with Crippen LogP contribution in [0.1, 0.15) is 35.8 Å². The van der Waals surface area contributed by atoms with Crippen molar-refractivity contribution < 1.29 is 9.90 Å². The Morgan fingerprint density at radius 1 is 1.45 bits per heavy atom. The van der Waals surface area contributed by atoms with Gasteiger partial charge < -0.3 is 5.11 Å². The SMILES string of the molecule is Cc1cccc(C(=O)O)c1Sc1n[nH]c(=O)n1C(C)C. The Hall–Kier alpha value is -2.02. The van der Waals surface area contributed by atoms with Gasteiger partial charge in [-0.05, 0) is 44.2 Å². The van der Waals surface area contributed by atoms with Gasteiger partial charge >= 0.3 is 11.7 Å². The molecular formula is C13H15N3O3S. The first-order valence-electron chi connectivity index (χ1n) is 6.09. The number of nitrogens with zero attached hydrogens (tertiary/aromatic N) is 2. The Balaban J connectivity index is 2.51. The van der Waals surface area contributed by atoms with Gasteiger partial charge in [0.15, 0.2) is 5.16 Å². The summed E-state index contributed by atoms with van der Waals surface area (Å²) in [7, 11) is 0. The van der Waals surface area contributed by atoms with Crippen LogP contribution in [0.25, 0.3) is 0 Å². The number of carbonyl (C=O) groups is 1. The van der Waals surface area contributed by atoms with Crippen LogP contribution in [0.3, 0.4) is 0 Å². The lowest BCUT2D eigenvalue weighted by molar-refractivity contribution is 0.0693. The molecule has 0 aliphatic heterocycles. The summed E-state index contributed by atoms with van der Waals surface area (Å²) in [5.41, 5.74) is 0.745. The monoisotopic (exact) mass is 293 g/mol. The summed E-state index contributed by atoms with van der Waals surface area (Å²) in [5.74, 6) is -0.995. The summed E-state index contributed by atoms with van der Waals surface area (Å²) in [6.45, 7) is 5.58. The van der Waals surface area contributed by atoms with Crippen LogP contribution in [0.5, 0.6) is 0 Å². The van der Waals surface area contributed by atoms with Gasteiger partial charge in [-0.3, -0.25) is 4.57 Å². The van der Waals surface area contributed by atoms with E-state index in [9.17, 15) is 14.7 Å². The molecule has 0 unspecified atom stereocenters. The van der Waals surface area contributed by atoms with Crippen molar-refractivity contribution >= 4 is 17.7 Å². The standard InChI is InChI=1S/C13H15N3O3S/c1-7(2)16-12(19)14-15-13(16)20-10-8(3)5-4-6-9(10)11(17)18/h4-7H,1-3H3,(H,14,19)(H,17,18). The number of hydrogen-bond donors (Lipinski definition) is 2. The van der Waals surface area contributed by atoms with E-state index in [0.717, 1.165) is 5.56 Å². The molecule has 106 valence electrons. The van der Waals surface area contributed by atoms with Gasteiger partial charge in [-0.15, -0.1) is 5.10 Å². The zero-order valence-corrected chi connectivity index (χ0v) is 12.2. The van der Waals surface area contributed by atoms with Crippen molar-refractivity contribution in [3.8, 4) is 0 Å². The molecular weight excluding hydrogens is 278 g/mol. The number of benzene rings is 1. The van der Waals surface area contributed by atoms with E-state index in [4.69, 9.17) is 0 Å². The number of rotatable bonds is 4. The Kier molecular flexibility index (Phi) is 3.99. The number of carboxylic acids is 1. The van der Waals surface area contributed by atoms with Crippen molar-refractivity contribution in [3.05, 3.63) is 39.8 Å². The van der Waals surface area contributed by atoms with Crippen molar-refractivity contribution in [3.63, 3.8) is 0 Å². The fraction of sp³-hybridized carbons (Fsp3) is 0.308. The van der Waals surface area contributed by atoms with E-state index < -0.39 is 5.97 Å². The molecule has 2 aromatic rings. The Labute approximate surface area is 119 Å². The smallest absolute Gasteiger partial charge is 0.344 e. The average Bonchev–Trinajstić information content (AvgIpc) is 2.72. The van der Waals surface area contributed by atoms with Crippen LogP contribution in [-0.2, 0) is 0 Å². The minimum Gasteiger partial charge on any atom is -0.478 e. The summed E-state index contributed by atoms with van der Waals surface area (Å²) < 4.78 is 1.50. The second kappa shape index (κ2) is 5.54. The van der Waals surface area contributed by atoms with Crippen LogP contribution in [0.2, 0.25) is 0 Å². The molecule has 6 nitrogen and oxygen atoms in total. The highest BCUT2D eigenvalue weighted by molar-refractivity contribution is 7.99. The van der Waals surface area contributed by atoms with E-state index in [0.29, 0.717) is 10.1 Å². The van der Waals surface area contributed by atoms with E-state index in [-0.39, 0.29) is 17.3 Å². The zero-order chi connectivity index (χ0) is 14.9. The maximum absolute atomic E-state index is 11.7. The molecule has 0 saturated carbocycles. The molecule has 0 bridgehead atoms. The van der Waals surface area contributed by atoms with Crippen LogP contribution in [-0.4, -0.2) is 25.8 Å². The average molecular weight is 293 g/mol. The second-order valence-electron chi connectivity index (χ2n) is 4.63. The predicted octanol–water partition coefficient (Wildman–Crippen LogP) is 2.31. The summed E-state index contributed by atoms with van der Waals surface area (Å²) in [6.07, 6.45) is 0. The topological polar surface area (TPSA) is 88.0 Å². The lowest BCUT2D eigenvalue weighted by atomic mass is 10.1. The summed E-state index contributed by atoms with van der Waals surface area (Å²) >= 11 is 1.18. The van der Waals surface area contributed by atoms with Gasteiger partial charge in [-0.25, -0.2) is 14.7 Å². The van der Waals surface area contributed by atoms with Crippen LogP contribution < -0.4 is 5.69 Å². The van der Waals surface area contributed by atoms with Crippen LogP contribution in [0.15, 0.2) is 33.0 Å². The molecule has 1 aromatic heterocycles. The number of H-pyrrole nitrogens is 1. The van der Waals surface area contributed by atoms with Gasteiger partial charge in [0.05, 0.1) is 5.56 Å². The first-order chi connectivity index (χ1) is 9.41. The minimum atomic E-state index is -0.995. The van der Waals surface area contributed by atoms with Gasteiger partial charge in [0.2, 0.25) is 0 Å². The third-order valence-corrected chi connectivity index (χ3v) is 4.04. The number of aromatic amines is 1. The van der Waals surface area contributed by atoms with Crippen molar-refractivity contribution in [2.75, 3.05) is 0 Å². The maximum atomic E-state index is 11.7. The molecule has 1 heterocycles. The molecule has 0 amide bonds. The molecule has 7 heteroatoms. The quantitative estimate of drug-likeness (QED) is 0.903. The fourth-order valence-electron chi connectivity index (χ4n) is 1.87. The van der Waals surface area contributed by atoms with E-state index in [2.05, 4.69) is 10.2 Å². The molecule has 0 aliphatic rings. The highest BCUT2D eigenvalue weighted by Crippen LogP contribution is 2.32. The molecule has 20 heavy (non-hydrogen) atoms. The van der Waals surface area contributed by atoms with Crippen molar-refractivity contribution in [2.24, 2.45) is 0 Å². The van der Waals surface area contributed by atoms with Crippen LogP contribution >= 0.6 is 11.8 Å². The normalized spacial score (nSPS) is 11.0. The van der Waals surface area contributed by atoms with Gasteiger partial charge in [0.1, 0.15) is 0 Å². The number of aryl methyl sites for hydroxylation is 1. The molecule has 2 N–H and O–H groups in total. The lowest BCUT2D eigenvalue weighted by Gasteiger charge is -2.11. The van der Waals surface area contributed by atoms with E-state index >= 15 is 0 Å².